The summed E-state index contributed by atoms with van der Waals surface area (Å²) in [6, 6.07) is 1.62. The smallest absolute Gasteiger partial charge is 0.348 e. The van der Waals surface area contributed by atoms with Gasteiger partial charge in [0.05, 0.1) is 12.9 Å². The van der Waals surface area contributed by atoms with E-state index >= 15 is 0 Å². The first-order valence-electron chi connectivity index (χ1n) is 3.76. The van der Waals surface area contributed by atoms with E-state index in [1.165, 1.54) is 18.4 Å². The van der Waals surface area contributed by atoms with Crippen molar-refractivity contribution in [2.24, 2.45) is 0 Å². The van der Waals surface area contributed by atoms with Crippen LogP contribution in [0.15, 0.2) is 11.4 Å². The number of carbonyl (C=O) groups excluding carboxylic acids is 1. The largest absolute Gasteiger partial charge is 0.465 e. The van der Waals surface area contributed by atoms with Crippen LogP contribution in [0.5, 0.6) is 0 Å². The fourth-order valence-corrected chi connectivity index (χ4v) is 2.74. The number of sulfone groups is 1. The van der Waals surface area contributed by atoms with E-state index in [1.807, 2.05) is 0 Å². The van der Waals surface area contributed by atoms with E-state index in [-0.39, 0.29) is 5.75 Å². The predicted molar refractivity (Wildman–Crippen MR) is 54.2 cm³/mol. The molecule has 0 bridgehead atoms. The van der Waals surface area contributed by atoms with E-state index in [0.29, 0.717) is 10.4 Å². The van der Waals surface area contributed by atoms with Crippen LogP contribution in [0, 0.1) is 0 Å². The molecule has 14 heavy (non-hydrogen) atoms. The van der Waals surface area contributed by atoms with Crippen molar-refractivity contribution < 1.29 is 17.9 Å². The SMILES string of the molecule is COC(=O)c1sccc1CS(C)(=O)=O. The molecule has 0 radical (unpaired) electrons. The second kappa shape index (κ2) is 4.10. The highest BCUT2D eigenvalue weighted by Gasteiger charge is 2.16. The zero-order valence-electron chi connectivity index (χ0n) is 7.81. The van der Waals surface area contributed by atoms with Gasteiger partial charge >= 0.3 is 5.97 Å². The molecule has 0 amide bonds. The average molecular weight is 234 g/mol. The van der Waals surface area contributed by atoms with Gasteiger partial charge in [0.2, 0.25) is 0 Å². The molecule has 0 aromatic carbocycles. The lowest BCUT2D eigenvalue weighted by atomic mass is 10.3. The van der Waals surface area contributed by atoms with Crippen LogP contribution in [-0.4, -0.2) is 27.8 Å². The van der Waals surface area contributed by atoms with Gasteiger partial charge in [0.1, 0.15) is 4.88 Å². The molecule has 0 unspecified atom stereocenters. The molecule has 0 saturated carbocycles. The molecule has 78 valence electrons. The van der Waals surface area contributed by atoms with Crippen molar-refractivity contribution in [2.45, 2.75) is 5.75 Å². The third-order valence-corrected chi connectivity index (χ3v) is 3.31. The molecular formula is C8H10O4S2. The maximum absolute atomic E-state index is 11.2. The lowest BCUT2D eigenvalue weighted by molar-refractivity contribution is 0.0605. The van der Waals surface area contributed by atoms with E-state index in [4.69, 9.17) is 0 Å². The molecule has 0 saturated heterocycles. The monoisotopic (exact) mass is 234 g/mol. The molecule has 1 aromatic rings. The van der Waals surface area contributed by atoms with Gasteiger partial charge in [-0.3, -0.25) is 0 Å². The fourth-order valence-electron chi connectivity index (χ4n) is 1.00. The third kappa shape index (κ3) is 2.81. The Labute approximate surface area is 86.4 Å². The second-order valence-corrected chi connectivity index (χ2v) is 5.89. The van der Waals surface area contributed by atoms with Gasteiger partial charge in [0.25, 0.3) is 0 Å². The van der Waals surface area contributed by atoms with E-state index < -0.39 is 15.8 Å². The van der Waals surface area contributed by atoms with Crippen molar-refractivity contribution in [1.82, 2.24) is 0 Å². The number of carbonyl (C=O) groups is 1. The quantitative estimate of drug-likeness (QED) is 0.734. The molecule has 0 atom stereocenters. The summed E-state index contributed by atoms with van der Waals surface area (Å²) in [7, 11) is -1.84. The summed E-state index contributed by atoms with van der Waals surface area (Å²) in [5.74, 6) is -0.611. The van der Waals surface area contributed by atoms with Gasteiger partial charge in [0.15, 0.2) is 9.84 Å². The van der Waals surface area contributed by atoms with Crippen molar-refractivity contribution in [3.63, 3.8) is 0 Å². The van der Waals surface area contributed by atoms with Crippen LogP contribution >= 0.6 is 11.3 Å². The second-order valence-electron chi connectivity index (χ2n) is 2.84. The average Bonchev–Trinajstić information content (AvgIpc) is 2.48. The molecule has 0 aliphatic rings. The Morgan fingerprint density at radius 2 is 2.21 bits per heavy atom. The van der Waals surface area contributed by atoms with Crippen LogP contribution in [0.2, 0.25) is 0 Å². The van der Waals surface area contributed by atoms with Crippen molar-refractivity contribution in [3.8, 4) is 0 Å². The van der Waals surface area contributed by atoms with Gasteiger partial charge in [0, 0.05) is 6.26 Å². The van der Waals surface area contributed by atoms with Crippen LogP contribution in [0.3, 0.4) is 0 Å². The molecule has 0 fully saturated rings. The Balaban J connectivity index is 3.00. The van der Waals surface area contributed by atoms with Crippen LogP contribution in [0.25, 0.3) is 0 Å². The molecular weight excluding hydrogens is 224 g/mol. The number of ether oxygens (including phenoxy) is 1. The first-order chi connectivity index (χ1) is 6.44. The first-order valence-corrected chi connectivity index (χ1v) is 6.70. The van der Waals surface area contributed by atoms with E-state index in [0.717, 1.165) is 6.26 Å². The Morgan fingerprint density at radius 1 is 1.57 bits per heavy atom. The van der Waals surface area contributed by atoms with Crippen LogP contribution in [0.1, 0.15) is 15.2 Å². The summed E-state index contributed by atoms with van der Waals surface area (Å²) in [6.45, 7) is 0. The molecule has 1 aromatic heterocycles. The first kappa shape index (κ1) is 11.2. The lowest BCUT2D eigenvalue weighted by Gasteiger charge is -2.00. The summed E-state index contributed by atoms with van der Waals surface area (Å²) in [6.07, 6.45) is 1.13. The molecule has 0 spiro atoms. The minimum absolute atomic E-state index is 0.124. The fraction of sp³-hybridized carbons (Fsp3) is 0.375. The van der Waals surface area contributed by atoms with E-state index in [2.05, 4.69) is 4.74 Å². The number of esters is 1. The summed E-state index contributed by atoms with van der Waals surface area (Å²) in [4.78, 5) is 11.5. The summed E-state index contributed by atoms with van der Waals surface area (Å²) >= 11 is 1.18. The number of rotatable bonds is 3. The van der Waals surface area contributed by atoms with E-state index in [9.17, 15) is 13.2 Å². The Hall–Kier alpha value is -0.880. The zero-order chi connectivity index (χ0) is 10.8. The van der Waals surface area contributed by atoms with Gasteiger partial charge < -0.3 is 4.74 Å². The molecule has 4 nitrogen and oxygen atoms in total. The van der Waals surface area contributed by atoms with Gasteiger partial charge in [-0.05, 0) is 17.0 Å². The van der Waals surface area contributed by atoms with Gasteiger partial charge in [-0.2, -0.15) is 0 Å². The minimum atomic E-state index is -3.11. The van der Waals surface area contributed by atoms with E-state index in [1.54, 1.807) is 11.4 Å². The highest BCUT2D eigenvalue weighted by Crippen LogP contribution is 2.19. The zero-order valence-corrected chi connectivity index (χ0v) is 9.44. The molecule has 6 heteroatoms. The van der Waals surface area contributed by atoms with Crippen molar-refractivity contribution in [1.29, 1.82) is 0 Å². The molecule has 1 heterocycles. The Bertz CT molecular complexity index is 430. The Morgan fingerprint density at radius 3 is 2.71 bits per heavy atom. The summed E-state index contributed by atoms with van der Waals surface area (Å²) < 4.78 is 26.6. The Kier molecular flexibility index (Phi) is 3.28. The van der Waals surface area contributed by atoms with Crippen LogP contribution in [-0.2, 0) is 20.3 Å². The van der Waals surface area contributed by atoms with Crippen molar-refractivity contribution in [2.75, 3.05) is 13.4 Å². The highest BCUT2D eigenvalue weighted by molar-refractivity contribution is 7.89. The van der Waals surface area contributed by atoms with Gasteiger partial charge in [-0.25, -0.2) is 13.2 Å². The number of thiophene rings is 1. The highest BCUT2D eigenvalue weighted by atomic mass is 32.2. The minimum Gasteiger partial charge on any atom is -0.465 e. The van der Waals surface area contributed by atoms with Gasteiger partial charge in [-0.1, -0.05) is 0 Å². The van der Waals surface area contributed by atoms with Gasteiger partial charge in [-0.15, -0.1) is 11.3 Å². The topological polar surface area (TPSA) is 60.4 Å². The molecule has 1 rings (SSSR count). The maximum atomic E-state index is 11.2. The lowest BCUT2D eigenvalue weighted by Crippen LogP contribution is -2.06. The normalized spacial score (nSPS) is 11.3. The predicted octanol–water partition coefficient (Wildman–Crippen LogP) is 1.08. The van der Waals surface area contributed by atoms with Crippen LogP contribution in [0.4, 0.5) is 0 Å². The van der Waals surface area contributed by atoms with Crippen LogP contribution < -0.4 is 0 Å². The third-order valence-electron chi connectivity index (χ3n) is 1.54. The van der Waals surface area contributed by atoms with Crippen molar-refractivity contribution >= 4 is 27.1 Å². The molecule has 0 aliphatic heterocycles. The summed E-state index contributed by atoms with van der Waals surface area (Å²) in [5, 5.41) is 1.67. The number of hydrogen-bond donors (Lipinski definition) is 0. The number of hydrogen-bond acceptors (Lipinski definition) is 5. The molecule has 0 N–H and O–H groups in total. The maximum Gasteiger partial charge on any atom is 0.348 e. The number of methoxy groups -OCH3 is 1. The molecule has 0 aliphatic carbocycles. The standard InChI is InChI=1S/C8H10O4S2/c1-12-8(9)7-6(3-4-13-7)5-14(2,10)11/h3-4H,5H2,1-2H3. The van der Waals surface area contributed by atoms with Crippen molar-refractivity contribution in [3.05, 3.63) is 21.9 Å². The summed E-state index contributed by atoms with van der Waals surface area (Å²) in [5.41, 5.74) is 0.504.